The van der Waals surface area contributed by atoms with Crippen molar-refractivity contribution in [1.29, 1.82) is 0 Å². The summed E-state index contributed by atoms with van der Waals surface area (Å²) in [5, 5.41) is 2.80. The summed E-state index contributed by atoms with van der Waals surface area (Å²) < 4.78 is 2.21. The second kappa shape index (κ2) is 7.23. The van der Waals surface area contributed by atoms with Crippen molar-refractivity contribution in [2.24, 2.45) is 0 Å². The highest BCUT2D eigenvalue weighted by Gasteiger charge is 2.20. The van der Waals surface area contributed by atoms with Gasteiger partial charge in [-0.1, -0.05) is 0 Å². The van der Waals surface area contributed by atoms with Crippen LogP contribution < -0.4 is 5.32 Å². The third kappa shape index (κ3) is 3.82. The molecule has 2 amide bonds. The lowest BCUT2D eigenvalue weighted by atomic mass is 10.2. The Labute approximate surface area is 147 Å². The third-order valence-corrected chi connectivity index (χ3v) is 4.65. The van der Waals surface area contributed by atoms with Crippen LogP contribution in [0.4, 0.5) is 5.69 Å². The van der Waals surface area contributed by atoms with Gasteiger partial charge >= 0.3 is 0 Å². The van der Waals surface area contributed by atoms with Crippen LogP contribution in [0, 0.1) is 0 Å². The molecule has 0 spiro atoms. The molecule has 0 atom stereocenters. The van der Waals surface area contributed by atoms with Crippen LogP contribution in [0.2, 0.25) is 0 Å². The maximum absolute atomic E-state index is 11.5. The first kappa shape index (κ1) is 17.4. The van der Waals surface area contributed by atoms with Crippen LogP contribution in [0.15, 0.2) is 18.2 Å². The number of aryl methyl sites for hydroxylation is 1. The Morgan fingerprint density at radius 3 is 2.48 bits per heavy atom. The maximum Gasteiger partial charge on any atom is 0.221 e. The number of nitrogens with zero attached hydrogens (tertiary/aromatic N) is 4. The highest BCUT2D eigenvalue weighted by Crippen LogP contribution is 2.22. The number of anilines is 1. The number of carbonyl (C=O) groups excluding carboxylic acids is 2. The monoisotopic (exact) mass is 343 g/mol. The molecule has 7 heteroatoms. The molecule has 1 aromatic heterocycles. The smallest absolute Gasteiger partial charge is 0.221 e. The van der Waals surface area contributed by atoms with E-state index in [1.807, 2.05) is 23.1 Å². The first-order chi connectivity index (χ1) is 12.0. The molecular weight excluding hydrogens is 318 g/mol. The van der Waals surface area contributed by atoms with Crippen LogP contribution in [0.1, 0.15) is 26.6 Å². The van der Waals surface area contributed by atoms with Crippen molar-refractivity contribution < 1.29 is 9.59 Å². The van der Waals surface area contributed by atoms with Crippen molar-refractivity contribution in [2.45, 2.75) is 33.9 Å². The Morgan fingerprint density at radius 2 is 1.88 bits per heavy atom. The normalized spacial score (nSPS) is 15.6. The summed E-state index contributed by atoms with van der Waals surface area (Å²) in [6.45, 7) is 10.1. The molecule has 1 aliphatic rings. The Balaban J connectivity index is 1.79. The molecule has 7 nitrogen and oxygen atoms in total. The molecule has 0 unspecified atom stereocenters. The van der Waals surface area contributed by atoms with Gasteiger partial charge < -0.3 is 14.8 Å². The molecule has 0 aliphatic carbocycles. The van der Waals surface area contributed by atoms with E-state index in [9.17, 15) is 9.59 Å². The maximum atomic E-state index is 11.5. The highest BCUT2D eigenvalue weighted by molar-refractivity contribution is 5.91. The average molecular weight is 343 g/mol. The van der Waals surface area contributed by atoms with E-state index in [1.165, 1.54) is 6.92 Å². The zero-order chi connectivity index (χ0) is 18.0. The zero-order valence-electron chi connectivity index (χ0n) is 15.1. The van der Waals surface area contributed by atoms with Crippen LogP contribution >= 0.6 is 0 Å². The first-order valence-corrected chi connectivity index (χ1v) is 8.72. The van der Waals surface area contributed by atoms with Crippen molar-refractivity contribution in [1.82, 2.24) is 19.4 Å². The van der Waals surface area contributed by atoms with E-state index in [1.54, 1.807) is 6.92 Å². The SMILES string of the molecule is CCn1c(CN2CCN(C(C)=O)CC2)nc2cc(NC(C)=O)ccc21. The Bertz CT molecular complexity index is 790. The lowest BCUT2D eigenvalue weighted by molar-refractivity contribution is -0.130. The van der Waals surface area contributed by atoms with Gasteiger partial charge in [0, 0.05) is 52.3 Å². The molecule has 25 heavy (non-hydrogen) atoms. The summed E-state index contributed by atoms with van der Waals surface area (Å²) in [6, 6.07) is 5.83. The van der Waals surface area contributed by atoms with Gasteiger partial charge in [0.05, 0.1) is 17.6 Å². The predicted octanol–water partition coefficient (Wildman–Crippen LogP) is 1.68. The van der Waals surface area contributed by atoms with Gasteiger partial charge in [0.2, 0.25) is 11.8 Å². The minimum atomic E-state index is -0.0853. The number of hydrogen-bond donors (Lipinski definition) is 1. The summed E-state index contributed by atoms with van der Waals surface area (Å²) in [5.41, 5.74) is 2.74. The van der Waals surface area contributed by atoms with Gasteiger partial charge in [0.15, 0.2) is 0 Å². The van der Waals surface area contributed by atoms with Crippen molar-refractivity contribution in [3.63, 3.8) is 0 Å². The van der Waals surface area contributed by atoms with Crippen molar-refractivity contribution in [3.8, 4) is 0 Å². The van der Waals surface area contributed by atoms with Gasteiger partial charge in [0.1, 0.15) is 5.82 Å². The van der Waals surface area contributed by atoms with Gasteiger partial charge in [-0.15, -0.1) is 0 Å². The van der Waals surface area contributed by atoms with Crippen LogP contribution in [0.25, 0.3) is 11.0 Å². The number of rotatable bonds is 4. The Morgan fingerprint density at radius 1 is 1.16 bits per heavy atom. The molecule has 1 aromatic carbocycles. The van der Waals surface area contributed by atoms with Crippen molar-refractivity contribution >= 4 is 28.5 Å². The summed E-state index contributed by atoms with van der Waals surface area (Å²) >= 11 is 0. The second-order valence-corrected chi connectivity index (χ2v) is 6.44. The number of piperazine rings is 1. The molecule has 3 rings (SSSR count). The molecule has 0 bridgehead atoms. The molecule has 2 heterocycles. The molecule has 134 valence electrons. The quantitative estimate of drug-likeness (QED) is 0.917. The minimum Gasteiger partial charge on any atom is -0.340 e. The summed E-state index contributed by atoms with van der Waals surface area (Å²) in [7, 11) is 0. The lowest BCUT2D eigenvalue weighted by Gasteiger charge is -2.33. The van der Waals surface area contributed by atoms with Crippen LogP contribution in [-0.2, 0) is 22.7 Å². The van der Waals surface area contributed by atoms with Gasteiger partial charge in [-0.2, -0.15) is 0 Å². The molecule has 2 aromatic rings. The summed E-state index contributed by atoms with van der Waals surface area (Å²) in [6.07, 6.45) is 0. The predicted molar refractivity (Wildman–Crippen MR) is 97.2 cm³/mol. The molecule has 0 radical (unpaired) electrons. The number of amides is 2. The van der Waals surface area contributed by atoms with E-state index in [-0.39, 0.29) is 11.8 Å². The fraction of sp³-hybridized carbons (Fsp3) is 0.500. The lowest BCUT2D eigenvalue weighted by Crippen LogP contribution is -2.47. The molecule has 0 saturated carbocycles. The van der Waals surface area contributed by atoms with E-state index < -0.39 is 0 Å². The first-order valence-electron chi connectivity index (χ1n) is 8.72. The molecule has 1 aliphatic heterocycles. The minimum absolute atomic E-state index is 0.0853. The zero-order valence-corrected chi connectivity index (χ0v) is 15.1. The number of imidazole rings is 1. The third-order valence-electron chi connectivity index (χ3n) is 4.65. The van der Waals surface area contributed by atoms with Gasteiger partial charge in [-0.05, 0) is 25.1 Å². The average Bonchev–Trinajstić information content (AvgIpc) is 2.90. The van der Waals surface area contributed by atoms with Crippen molar-refractivity contribution in [2.75, 3.05) is 31.5 Å². The largest absolute Gasteiger partial charge is 0.340 e. The number of aromatic nitrogens is 2. The number of fused-ring (bicyclic) bond motifs is 1. The van der Waals surface area contributed by atoms with E-state index in [2.05, 4.69) is 21.7 Å². The summed E-state index contributed by atoms with van der Waals surface area (Å²) in [5.74, 6) is 1.08. The van der Waals surface area contributed by atoms with Gasteiger partial charge in [0.25, 0.3) is 0 Å². The molecule has 1 saturated heterocycles. The van der Waals surface area contributed by atoms with Crippen molar-refractivity contribution in [3.05, 3.63) is 24.0 Å². The second-order valence-electron chi connectivity index (χ2n) is 6.44. The van der Waals surface area contributed by atoms with E-state index in [0.29, 0.717) is 0 Å². The summed E-state index contributed by atoms with van der Waals surface area (Å²) in [4.78, 5) is 31.7. The molecule has 1 N–H and O–H groups in total. The number of nitrogens with one attached hydrogen (secondary N) is 1. The van der Waals surface area contributed by atoms with Crippen LogP contribution in [0.3, 0.4) is 0 Å². The fourth-order valence-electron chi connectivity index (χ4n) is 3.36. The van der Waals surface area contributed by atoms with Crippen LogP contribution in [0.5, 0.6) is 0 Å². The molecule has 1 fully saturated rings. The van der Waals surface area contributed by atoms with E-state index >= 15 is 0 Å². The van der Waals surface area contributed by atoms with Crippen LogP contribution in [-0.4, -0.2) is 57.3 Å². The number of benzene rings is 1. The van der Waals surface area contributed by atoms with Gasteiger partial charge in [-0.25, -0.2) is 4.98 Å². The highest BCUT2D eigenvalue weighted by atomic mass is 16.2. The Kier molecular flexibility index (Phi) is 5.03. The number of hydrogen-bond acceptors (Lipinski definition) is 4. The van der Waals surface area contributed by atoms with Gasteiger partial charge in [-0.3, -0.25) is 14.5 Å². The topological polar surface area (TPSA) is 70.5 Å². The van der Waals surface area contributed by atoms with E-state index in [0.717, 1.165) is 61.8 Å². The number of carbonyl (C=O) groups is 2. The molecular formula is C18H25N5O2. The standard InChI is InChI=1S/C18H25N5O2/c1-4-23-17-6-5-15(19-13(2)24)11-16(17)20-18(23)12-21-7-9-22(10-8-21)14(3)25/h5-6,11H,4,7-10,12H2,1-3H3,(H,19,24). The fourth-order valence-corrected chi connectivity index (χ4v) is 3.36. The Hall–Kier alpha value is -2.41. The van der Waals surface area contributed by atoms with E-state index in [4.69, 9.17) is 4.98 Å².